The van der Waals surface area contributed by atoms with E-state index < -0.39 is 9.84 Å². The molecule has 2 aromatic carbocycles. The van der Waals surface area contributed by atoms with Gasteiger partial charge in [-0.2, -0.15) is 0 Å². The lowest BCUT2D eigenvalue weighted by Crippen LogP contribution is -2.34. The summed E-state index contributed by atoms with van der Waals surface area (Å²) in [7, 11) is -3.40. The Balaban J connectivity index is 1.77. The molecule has 8 nitrogen and oxygen atoms in total. The molecule has 0 aliphatic rings. The van der Waals surface area contributed by atoms with Crippen LogP contribution in [-0.4, -0.2) is 60.9 Å². The highest BCUT2D eigenvalue weighted by atomic mass is 32.2. The average Bonchev–Trinajstić information content (AvgIpc) is 3.30. The van der Waals surface area contributed by atoms with Crippen LogP contribution < -0.4 is 10.6 Å². The van der Waals surface area contributed by atoms with Crippen LogP contribution in [-0.2, 0) is 9.84 Å². The molecule has 9 heteroatoms. The third-order valence-corrected chi connectivity index (χ3v) is 8.77. The van der Waals surface area contributed by atoms with E-state index in [2.05, 4.69) is 26.7 Å². The van der Waals surface area contributed by atoms with Crippen LogP contribution in [0.3, 0.4) is 0 Å². The molecule has 2 aromatic heterocycles. The summed E-state index contributed by atoms with van der Waals surface area (Å²) in [5.41, 5.74) is 5.35. The summed E-state index contributed by atoms with van der Waals surface area (Å²) in [6.07, 6.45) is 3.36. The van der Waals surface area contributed by atoms with E-state index in [-0.39, 0.29) is 29.2 Å². The summed E-state index contributed by atoms with van der Waals surface area (Å²) >= 11 is 0. The lowest BCUT2D eigenvalue weighted by Gasteiger charge is -2.15. The number of aromatic nitrogens is 2. The van der Waals surface area contributed by atoms with Crippen LogP contribution >= 0.6 is 0 Å². The van der Waals surface area contributed by atoms with Crippen molar-refractivity contribution in [2.24, 2.45) is 0 Å². The maximum atomic E-state index is 13.3. The largest absolute Gasteiger partial charge is 0.395 e. The van der Waals surface area contributed by atoms with Gasteiger partial charge in [-0.3, -0.25) is 4.79 Å². The molecular weight excluding hydrogens is 500 g/mol. The van der Waals surface area contributed by atoms with Crippen LogP contribution in [0.5, 0.6) is 0 Å². The molecule has 1 unspecified atom stereocenters. The predicted octanol–water partition coefficient (Wildman–Crippen LogP) is 4.27. The van der Waals surface area contributed by atoms with E-state index in [4.69, 9.17) is 0 Å². The second-order valence-corrected chi connectivity index (χ2v) is 11.9. The van der Waals surface area contributed by atoms with Gasteiger partial charge >= 0.3 is 0 Å². The molecule has 0 aliphatic heterocycles. The number of aliphatic hydroxyl groups excluding tert-OH is 1. The van der Waals surface area contributed by atoms with E-state index in [1.807, 2.05) is 32.9 Å². The van der Waals surface area contributed by atoms with Gasteiger partial charge in [0.05, 0.1) is 22.8 Å². The Labute approximate surface area is 223 Å². The van der Waals surface area contributed by atoms with Gasteiger partial charge in [0, 0.05) is 35.1 Å². The van der Waals surface area contributed by atoms with E-state index in [1.165, 1.54) is 0 Å². The molecule has 2 heterocycles. The molecule has 0 bridgehead atoms. The summed E-state index contributed by atoms with van der Waals surface area (Å²) in [6.45, 7) is 8.80. The second kappa shape index (κ2) is 11.6. The first-order valence-electron chi connectivity index (χ1n) is 13.1. The molecule has 1 amide bonds. The van der Waals surface area contributed by atoms with Gasteiger partial charge in [0.15, 0.2) is 9.84 Å². The Hall–Kier alpha value is -3.27. The fraction of sp³-hybridized carbons (Fsp3) is 0.379. The number of rotatable bonds is 11. The molecule has 0 saturated carbocycles. The molecule has 0 saturated heterocycles. The first-order chi connectivity index (χ1) is 18.2. The maximum Gasteiger partial charge on any atom is 0.251 e. The minimum atomic E-state index is -3.40. The molecule has 38 heavy (non-hydrogen) atoms. The van der Waals surface area contributed by atoms with Crippen LogP contribution in [0.25, 0.3) is 33.1 Å². The number of nitrogens with zero attached hydrogens (tertiary/aromatic N) is 1. The van der Waals surface area contributed by atoms with Gasteiger partial charge in [0.1, 0.15) is 5.65 Å². The number of hydrogen-bond acceptors (Lipinski definition) is 6. The monoisotopic (exact) mass is 536 g/mol. The number of aromatic amines is 1. The van der Waals surface area contributed by atoms with Crippen molar-refractivity contribution in [1.29, 1.82) is 0 Å². The molecule has 0 spiro atoms. The highest BCUT2D eigenvalue weighted by Crippen LogP contribution is 2.38. The summed E-state index contributed by atoms with van der Waals surface area (Å²) < 4.78 is 25.3. The Morgan fingerprint density at radius 2 is 1.92 bits per heavy atom. The van der Waals surface area contributed by atoms with Crippen molar-refractivity contribution in [3.8, 4) is 11.1 Å². The van der Waals surface area contributed by atoms with Crippen LogP contribution in [0.1, 0.15) is 48.2 Å². The number of hydrogen-bond donors (Lipinski definition) is 4. The third kappa shape index (κ3) is 5.60. The normalized spacial score (nSPS) is 12.8. The minimum Gasteiger partial charge on any atom is -0.395 e. The van der Waals surface area contributed by atoms with Gasteiger partial charge in [-0.25, -0.2) is 13.4 Å². The number of carbonyl (C=O) groups is 1. The number of sulfone groups is 1. The summed E-state index contributed by atoms with van der Waals surface area (Å²) in [6, 6.07) is 10.9. The molecule has 4 N–H and O–H groups in total. The van der Waals surface area contributed by atoms with Crippen molar-refractivity contribution in [3.05, 3.63) is 59.3 Å². The molecule has 4 rings (SSSR count). The van der Waals surface area contributed by atoms with Gasteiger partial charge in [-0.05, 0) is 79.8 Å². The molecule has 202 valence electrons. The van der Waals surface area contributed by atoms with E-state index in [0.717, 1.165) is 51.4 Å². The zero-order chi connectivity index (χ0) is 27.4. The SMILES string of the molecule is CCC(CO)NCCCNC(=O)c1cc(-c2cccc(S(=O)(=O)CC)c2)c2c([nH]c3ncc(C)cc32)c1C. The fourth-order valence-corrected chi connectivity index (χ4v) is 5.64. The zero-order valence-electron chi connectivity index (χ0n) is 22.4. The Morgan fingerprint density at radius 3 is 2.63 bits per heavy atom. The Morgan fingerprint density at radius 1 is 1.13 bits per heavy atom. The number of H-pyrrole nitrogens is 1. The van der Waals surface area contributed by atoms with E-state index >= 15 is 0 Å². The predicted molar refractivity (Wildman–Crippen MR) is 152 cm³/mol. The van der Waals surface area contributed by atoms with Crippen LogP contribution in [0.2, 0.25) is 0 Å². The first kappa shape index (κ1) is 27.8. The van der Waals surface area contributed by atoms with Crippen molar-refractivity contribution in [2.45, 2.75) is 51.5 Å². The molecule has 4 aromatic rings. The van der Waals surface area contributed by atoms with Gasteiger partial charge in [-0.15, -0.1) is 0 Å². The lowest BCUT2D eigenvalue weighted by atomic mass is 9.93. The average molecular weight is 537 g/mol. The number of nitrogens with one attached hydrogen (secondary N) is 3. The quantitative estimate of drug-likeness (QED) is 0.212. The lowest BCUT2D eigenvalue weighted by molar-refractivity contribution is 0.0952. The number of carbonyl (C=O) groups excluding carboxylic acids is 1. The minimum absolute atomic E-state index is 0.00970. The van der Waals surface area contributed by atoms with Crippen molar-refractivity contribution < 1.29 is 18.3 Å². The van der Waals surface area contributed by atoms with Crippen LogP contribution in [0.4, 0.5) is 0 Å². The van der Waals surface area contributed by atoms with E-state index in [9.17, 15) is 18.3 Å². The van der Waals surface area contributed by atoms with Crippen molar-refractivity contribution >= 4 is 37.7 Å². The standard InChI is InChI=1S/C29H36N4O4S/c1-5-21(17-34)30-11-8-12-31-29(35)23-15-24(20-9-7-10-22(14-20)38(36,37)6-2)26-25-13-18(3)16-32-28(25)33-27(26)19(23)4/h7,9-10,13-16,21,30,34H,5-6,8,11-12,17H2,1-4H3,(H,31,35)(H,32,33). The summed E-state index contributed by atoms with van der Waals surface area (Å²) in [5, 5.41) is 17.5. The van der Waals surface area contributed by atoms with Crippen LogP contribution in [0.15, 0.2) is 47.5 Å². The van der Waals surface area contributed by atoms with Gasteiger partial charge < -0.3 is 20.7 Å². The summed E-state index contributed by atoms with van der Waals surface area (Å²) in [4.78, 5) is 21.6. The maximum absolute atomic E-state index is 13.3. The first-order valence-corrected chi connectivity index (χ1v) is 14.7. The number of benzene rings is 2. The van der Waals surface area contributed by atoms with Gasteiger partial charge in [-0.1, -0.05) is 26.0 Å². The smallest absolute Gasteiger partial charge is 0.251 e. The number of aliphatic hydroxyl groups is 1. The van der Waals surface area contributed by atoms with Crippen LogP contribution in [0, 0.1) is 13.8 Å². The molecule has 0 radical (unpaired) electrons. The highest BCUT2D eigenvalue weighted by molar-refractivity contribution is 7.91. The Bertz CT molecular complexity index is 1570. The molecule has 0 aliphatic carbocycles. The van der Waals surface area contributed by atoms with Gasteiger partial charge in [0.25, 0.3) is 5.91 Å². The van der Waals surface area contributed by atoms with Gasteiger partial charge in [0.2, 0.25) is 0 Å². The number of aryl methyl sites for hydroxylation is 2. The zero-order valence-corrected chi connectivity index (χ0v) is 23.2. The third-order valence-electron chi connectivity index (χ3n) is 7.04. The molecular formula is C29H36N4O4S. The molecule has 1 atom stereocenters. The highest BCUT2D eigenvalue weighted by Gasteiger charge is 2.21. The summed E-state index contributed by atoms with van der Waals surface area (Å²) in [5.74, 6) is -0.185. The van der Waals surface area contributed by atoms with Crippen molar-refractivity contribution in [1.82, 2.24) is 20.6 Å². The fourth-order valence-electron chi connectivity index (χ4n) is 4.71. The van der Waals surface area contributed by atoms with E-state index in [1.54, 1.807) is 31.3 Å². The second-order valence-electron chi connectivity index (χ2n) is 9.66. The number of fused-ring (bicyclic) bond motifs is 3. The Kier molecular flexibility index (Phi) is 8.50. The number of pyridine rings is 1. The topological polar surface area (TPSA) is 124 Å². The van der Waals surface area contributed by atoms with Crippen molar-refractivity contribution in [3.63, 3.8) is 0 Å². The van der Waals surface area contributed by atoms with Crippen molar-refractivity contribution in [2.75, 3.05) is 25.4 Å². The number of amides is 1. The van der Waals surface area contributed by atoms with E-state index in [0.29, 0.717) is 24.3 Å². The molecule has 0 fully saturated rings.